The number of hydrogen-bond acceptors (Lipinski definition) is 4. The normalized spacial score (nSPS) is 12.4. The number of benzene rings is 11. The van der Waals surface area contributed by atoms with Crippen molar-refractivity contribution in [2.45, 2.75) is 33.1 Å². The van der Waals surface area contributed by atoms with Gasteiger partial charge in [0.05, 0.1) is 71.6 Å². The van der Waals surface area contributed by atoms with Crippen LogP contribution in [-0.4, -0.2) is 18.3 Å². The predicted molar refractivity (Wildman–Crippen MR) is 337 cm³/mol. The molecule has 0 aliphatic carbocycles. The summed E-state index contributed by atoms with van der Waals surface area (Å²) in [5.74, 6) is 0. The monoisotopic (exact) mass is 1050 g/mol. The molecule has 0 aliphatic heterocycles. The van der Waals surface area contributed by atoms with Crippen LogP contribution < -0.4 is 0 Å². The number of nitrogens with zero attached hydrogens (tertiary/aromatic N) is 6. The fourth-order valence-electron chi connectivity index (χ4n) is 13.7. The number of fused-ring (bicyclic) bond motifs is 20. The maximum Gasteiger partial charge on any atom is 0.160 e. The Hall–Kier alpha value is -10.4. The lowest BCUT2D eigenvalue weighted by molar-refractivity contribution is 0.591. The zero-order chi connectivity index (χ0) is 54.2. The summed E-state index contributed by atoms with van der Waals surface area (Å²) in [5, 5.41) is 38.3. The third kappa shape index (κ3) is 6.04. The van der Waals surface area contributed by atoms with Crippen molar-refractivity contribution in [3.63, 3.8) is 0 Å². The number of furan rings is 1. The molecule has 17 rings (SSSR count). The van der Waals surface area contributed by atoms with Gasteiger partial charge in [0.25, 0.3) is 0 Å². The highest BCUT2D eigenvalue weighted by molar-refractivity contribution is 7.26. The Morgan fingerprint density at radius 3 is 1.42 bits per heavy atom. The van der Waals surface area contributed by atoms with Crippen LogP contribution in [0.5, 0.6) is 0 Å². The third-order valence-corrected chi connectivity index (χ3v) is 18.4. The van der Waals surface area contributed by atoms with Crippen LogP contribution in [0.2, 0.25) is 0 Å². The molecule has 11 aromatic carbocycles. The zero-order valence-corrected chi connectivity index (χ0v) is 45.4. The molecule has 0 atom stereocenters. The molecule has 81 heavy (non-hydrogen) atoms. The molecule has 0 saturated carbocycles. The van der Waals surface area contributed by atoms with Crippen molar-refractivity contribution < 1.29 is 4.42 Å². The molecule has 0 aliphatic rings. The standard InChI is InChI=1S/C73H46N6OS/c1-41-29-35-61-53(37-41)50-32-34-52-48-22-10-16-28-64(48)81-72(52)69(50)78(61)65-55(39-74)66(76-57-23-11-5-17-43(57)44-18-6-12-24-58(44)76)70(67(56(65)40-75)77-59-25-13-7-19-45(59)46-20-8-14-26-60(46)77)79-62-36-30-42(73(2,3)4)38-54(62)49-31-33-51-47-21-9-15-27-63(47)80-71(51)68(49)79/h5-38H,1-4H3. The topological polar surface area (TPSA) is 80.4 Å². The molecule has 0 radical (unpaired) electrons. The summed E-state index contributed by atoms with van der Waals surface area (Å²) < 4.78 is 18.7. The second-order valence-electron chi connectivity index (χ2n) is 22.7. The highest BCUT2D eigenvalue weighted by Gasteiger charge is 2.36. The summed E-state index contributed by atoms with van der Waals surface area (Å²) in [4.78, 5) is 0. The first-order valence-electron chi connectivity index (χ1n) is 27.5. The van der Waals surface area contributed by atoms with Crippen molar-refractivity contribution >= 4 is 141 Å². The SMILES string of the molecule is Cc1ccc2c(c1)c1ccc3c4ccccc4sc3c1n2-c1c(C#N)c(-n2c3ccccc3c3ccccc32)c(-n2c3ccc(C(C)(C)C)cc3c3ccc4c5ccccc5oc4c32)c(-n2c3ccccc3c3ccccc32)c1C#N. The van der Waals surface area contributed by atoms with Crippen molar-refractivity contribution in [3.8, 4) is 34.9 Å². The molecular weight excluding hydrogens is 1010 g/mol. The molecule has 6 aromatic heterocycles. The van der Waals surface area contributed by atoms with Gasteiger partial charge in [-0.2, -0.15) is 10.5 Å². The Balaban J connectivity index is 1.22. The average Bonchev–Trinajstić information content (AvgIpc) is 4.28. The fourth-order valence-corrected chi connectivity index (χ4v) is 15.0. The Kier molecular flexibility index (Phi) is 9.21. The molecule has 0 bridgehead atoms. The molecular formula is C73H46N6OS. The molecule has 0 saturated heterocycles. The minimum Gasteiger partial charge on any atom is -0.454 e. The maximum absolute atomic E-state index is 12.9. The van der Waals surface area contributed by atoms with Crippen LogP contribution in [0.15, 0.2) is 211 Å². The highest BCUT2D eigenvalue weighted by atomic mass is 32.1. The van der Waals surface area contributed by atoms with Crippen LogP contribution >= 0.6 is 11.3 Å². The number of hydrogen-bond donors (Lipinski definition) is 0. The molecule has 0 spiro atoms. The van der Waals surface area contributed by atoms with E-state index in [1.165, 1.54) is 15.6 Å². The number of thiophene rings is 1. The molecule has 0 amide bonds. The van der Waals surface area contributed by atoms with Crippen molar-refractivity contribution in [2.75, 3.05) is 0 Å². The Labute approximate surface area is 467 Å². The first kappa shape index (κ1) is 45.6. The summed E-state index contributed by atoms with van der Waals surface area (Å²) in [6, 6.07) is 79.2. The molecule has 0 N–H and O–H groups in total. The van der Waals surface area contributed by atoms with Crippen LogP contribution in [-0.2, 0) is 5.41 Å². The first-order chi connectivity index (χ1) is 39.7. The Bertz CT molecular complexity index is 5490. The van der Waals surface area contributed by atoms with E-state index in [-0.39, 0.29) is 5.41 Å². The van der Waals surface area contributed by atoms with Crippen molar-refractivity contribution in [2.24, 2.45) is 0 Å². The van der Waals surface area contributed by atoms with Gasteiger partial charge in [-0.05, 0) is 84.6 Å². The molecule has 8 heteroatoms. The van der Waals surface area contributed by atoms with Crippen LogP contribution in [0.1, 0.15) is 43.0 Å². The molecule has 7 nitrogen and oxygen atoms in total. The largest absolute Gasteiger partial charge is 0.454 e. The van der Waals surface area contributed by atoms with E-state index in [2.05, 4.69) is 252 Å². The minimum absolute atomic E-state index is 0.182. The van der Waals surface area contributed by atoms with Crippen LogP contribution in [0.25, 0.3) is 152 Å². The number of nitriles is 2. The van der Waals surface area contributed by atoms with E-state index in [1.807, 2.05) is 12.1 Å². The van der Waals surface area contributed by atoms with Gasteiger partial charge in [-0.1, -0.05) is 166 Å². The van der Waals surface area contributed by atoms with E-state index in [1.54, 1.807) is 11.3 Å². The van der Waals surface area contributed by atoms with Gasteiger partial charge in [-0.3, -0.25) is 0 Å². The number of rotatable bonds is 4. The van der Waals surface area contributed by atoms with Gasteiger partial charge >= 0.3 is 0 Å². The van der Waals surface area contributed by atoms with Crippen LogP contribution in [0.3, 0.4) is 0 Å². The third-order valence-electron chi connectivity index (χ3n) is 17.2. The van der Waals surface area contributed by atoms with E-state index >= 15 is 0 Å². The lowest BCUT2D eigenvalue weighted by atomic mass is 9.86. The van der Waals surface area contributed by atoms with Crippen LogP contribution in [0.4, 0.5) is 0 Å². The molecule has 17 aromatic rings. The maximum atomic E-state index is 12.9. The minimum atomic E-state index is -0.182. The quantitative estimate of drug-likeness (QED) is 0.176. The zero-order valence-electron chi connectivity index (χ0n) is 44.6. The highest BCUT2D eigenvalue weighted by Crippen LogP contribution is 2.52. The van der Waals surface area contributed by atoms with Crippen molar-refractivity contribution in [1.82, 2.24) is 18.3 Å². The van der Waals surface area contributed by atoms with Gasteiger partial charge in [0.2, 0.25) is 0 Å². The van der Waals surface area contributed by atoms with Gasteiger partial charge in [-0.25, -0.2) is 0 Å². The van der Waals surface area contributed by atoms with E-state index in [4.69, 9.17) is 4.42 Å². The molecule has 6 heterocycles. The van der Waals surface area contributed by atoms with Gasteiger partial charge in [-0.15, -0.1) is 11.3 Å². The van der Waals surface area contributed by atoms with Crippen molar-refractivity contribution in [3.05, 3.63) is 229 Å². The van der Waals surface area contributed by atoms with Gasteiger partial charge in [0.15, 0.2) is 5.58 Å². The summed E-state index contributed by atoms with van der Waals surface area (Å²) in [6.45, 7) is 8.90. The van der Waals surface area contributed by atoms with Gasteiger partial charge in [0, 0.05) is 69.3 Å². The number of para-hydroxylation sites is 5. The van der Waals surface area contributed by atoms with E-state index in [9.17, 15) is 10.5 Å². The molecule has 0 unspecified atom stereocenters. The predicted octanol–water partition coefficient (Wildman–Crippen LogP) is 19.7. The summed E-state index contributed by atoms with van der Waals surface area (Å²) >= 11 is 1.76. The molecule has 380 valence electrons. The average molecular weight is 1060 g/mol. The van der Waals surface area contributed by atoms with Gasteiger partial charge in [0.1, 0.15) is 28.8 Å². The van der Waals surface area contributed by atoms with Crippen molar-refractivity contribution in [1.29, 1.82) is 10.5 Å². The number of aromatic nitrogens is 4. The van der Waals surface area contributed by atoms with E-state index in [0.29, 0.717) is 33.9 Å². The van der Waals surface area contributed by atoms with E-state index < -0.39 is 0 Å². The van der Waals surface area contributed by atoms with Gasteiger partial charge < -0.3 is 22.7 Å². The second-order valence-corrected chi connectivity index (χ2v) is 23.7. The fraction of sp³-hybridized carbons (Fsp3) is 0.0685. The van der Waals surface area contributed by atoms with Crippen LogP contribution in [0, 0.1) is 29.6 Å². The summed E-state index contributed by atoms with van der Waals surface area (Å²) in [5.41, 5.74) is 14.1. The second kappa shape index (κ2) is 16.3. The number of aryl methyl sites for hydroxylation is 1. The lowest BCUT2D eigenvalue weighted by Gasteiger charge is -2.27. The summed E-state index contributed by atoms with van der Waals surface area (Å²) in [7, 11) is 0. The van der Waals surface area contributed by atoms with E-state index in [0.717, 1.165) is 125 Å². The Morgan fingerprint density at radius 1 is 0.383 bits per heavy atom. The first-order valence-corrected chi connectivity index (χ1v) is 28.3. The molecule has 0 fully saturated rings. The lowest BCUT2D eigenvalue weighted by Crippen LogP contribution is -2.17. The Morgan fingerprint density at radius 2 is 0.840 bits per heavy atom. The smallest absolute Gasteiger partial charge is 0.160 e. The summed E-state index contributed by atoms with van der Waals surface area (Å²) in [6.07, 6.45) is 0.